The van der Waals surface area contributed by atoms with Gasteiger partial charge >= 0.3 is 0 Å². The van der Waals surface area contributed by atoms with Crippen LogP contribution in [0.1, 0.15) is 37.1 Å². The normalized spacial score (nSPS) is 32.3. The van der Waals surface area contributed by atoms with E-state index in [-0.39, 0.29) is 23.6 Å². The van der Waals surface area contributed by atoms with Gasteiger partial charge < -0.3 is 22.6 Å². The molecule has 0 radical (unpaired) electrons. The minimum absolute atomic E-state index is 0.0858. The number of aromatic nitrogens is 1. The Hall–Kier alpha value is -3.22. The molecule has 0 amide bonds. The Morgan fingerprint density at radius 3 is 2.77 bits per heavy atom. The summed E-state index contributed by atoms with van der Waals surface area (Å²) in [5.74, 6) is -0.0201. The second-order valence-electron chi connectivity index (χ2n) is 8.82. The first-order chi connectivity index (χ1) is 14.9. The Bertz CT molecular complexity index is 1140. The Balaban J connectivity index is 1.58. The monoisotopic (exact) mass is 421 g/mol. The molecule has 7 heteroatoms. The molecule has 1 aromatic rings. The van der Waals surface area contributed by atoms with E-state index >= 15 is 0 Å². The number of nitrogens with two attached hydrogens (primary N) is 3. The van der Waals surface area contributed by atoms with Crippen molar-refractivity contribution in [2.75, 3.05) is 0 Å². The lowest BCUT2D eigenvalue weighted by atomic mass is 9.42. The molecule has 5 nitrogen and oxygen atoms in total. The molecule has 4 atom stereocenters. The molecule has 2 unspecified atom stereocenters. The highest BCUT2D eigenvalue weighted by molar-refractivity contribution is 6.07. The Morgan fingerprint density at radius 2 is 2.10 bits per heavy atom. The van der Waals surface area contributed by atoms with E-state index in [4.69, 9.17) is 27.6 Å². The zero-order valence-corrected chi connectivity index (χ0v) is 17.0. The summed E-state index contributed by atoms with van der Waals surface area (Å²) in [5.41, 5.74) is 21.7. The summed E-state index contributed by atoms with van der Waals surface area (Å²) in [6.07, 6.45) is 7.98. The number of nitrogens with one attached hydrogen (secondary N) is 1. The van der Waals surface area contributed by atoms with E-state index in [1.165, 1.54) is 18.5 Å². The maximum atomic E-state index is 14.3. The van der Waals surface area contributed by atoms with Gasteiger partial charge in [0.2, 0.25) is 0 Å². The Kier molecular flexibility index (Phi) is 4.39. The van der Waals surface area contributed by atoms with Crippen molar-refractivity contribution in [1.82, 2.24) is 4.98 Å². The molecule has 1 heterocycles. The van der Waals surface area contributed by atoms with Crippen molar-refractivity contribution in [2.24, 2.45) is 35.0 Å². The number of hydrogen-bond acceptors (Lipinski definition) is 5. The van der Waals surface area contributed by atoms with Crippen LogP contribution in [0.4, 0.5) is 8.78 Å². The maximum Gasteiger partial charge on any atom is 0.131 e. The average Bonchev–Trinajstić information content (AvgIpc) is 2.81. The number of rotatable bonds is 5. The van der Waals surface area contributed by atoms with Gasteiger partial charge in [-0.05, 0) is 66.9 Å². The van der Waals surface area contributed by atoms with Crippen LogP contribution in [0.2, 0.25) is 0 Å². The van der Waals surface area contributed by atoms with Gasteiger partial charge in [0.1, 0.15) is 11.7 Å². The van der Waals surface area contributed by atoms with Crippen LogP contribution in [0.5, 0.6) is 0 Å². The fourth-order valence-electron chi connectivity index (χ4n) is 6.03. The van der Waals surface area contributed by atoms with E-state index in [9.17, 15) is 8.78 Å². The highest BCUT2D eigenvalue weighted by Crippen LogP contribution is 2.73. The molecule has 2 saturated carbocycles. The minimum Gasteiger partial charge on any atom is -0.404 e. The average molecular weight is 421 g/mol. The summed E-state index contributed by atoms with van der Waals surface area (Å²) >= 11 is 0. The first-order valence-electron chi connectivity index (χ1n) is 10.5. The molecule has 0 bridgehead atoms. The third-order valence-corrected chi connectivity index (χ3v) is 7.48. The number of hydrogen-bond donors (Lipinski definition) is 4. The summed E-state index contributed by atoms with van der Waals surface area (Å²) in [7, 11) is 0. The summed E-state index contributed by atoms with van der Waals surface area (Å²) in [6.45, 7) is 0. The van der Waals surface area contributed by atoms with Gasteiger partial charge in [0.15, 0.2) is 0 Å². The molecule has 0 saturated heterocycles. The van der Waals surface area contributed by atoms with E-state index < -0.39 is 17.1 Å². The van der Waals surface area contributed by atoms with Crippen LogP contribution in [0.3, 0.4) is 0 Å². The van der Waals surface area contributed by atoms with Gasteiger partial charge in [-0.25, -0.2) is 8.78 Å². The first kappa shape index (κ1) is 19.7. The highest BCUT2D eigenvalue weighted by Gasteiger charge is 2.70. The predicted molar refractivity (Wildman–Crippen MR) is 117 cm³/mol. The summed E-state index contributed by atoms with van der Waals surface area (Å²) in [6, 6.07) is 5.68. The van der Waals surface area contributed by atoms with Gasteiger partial charge in [-0.15, -0.1) is 0 Å². The van der Waals surface area contributed by atoms with Crippen LogP contribution >= 0.6 is 0 Å². The number of halogens is 2. The van der Waals surface area contributed by atoms with Crippen molar-refractivity contribution in [3.8, 4) is 0 Å². The smallest absolute Gasteiger partial charge is 0.131 e. The molecular weight excluding hydrogens is 396 g/mol. The Labute approximate surface area is 179 Å². The molecule has 0 aromatic carbocycles. The molecule has 0 aliphatic heterocycles. The van der Waals surface area contributed by atoms with Gasteiger partial charge in [-0.3, -0.25) is 4.98 Å². The van der Waals surface area contributed by atoms with Crippen LogP contribution < -0.4 is 17.2 Å². The minimum atomic E-state index is -0.610. The van der Waals surface area contributed by atoms with E-state index in [1.807, 2.05) is 18.2 Å². The fraction of sp³-hybridized carbons (Fsp3) is 0.333. The van der Waals surface area contributed by atoms with Crippen LogP contribution in [-0.4, -0.2) is 11.2 Å². The zero-order valence-electron chi connectivity index (χ0n) is 17.0. The van der Waals surface area contributed by atoms with Gasteiger partial charge in [-0.1, -0.05) is 6.07 Å². The van der Waals surface area contributed by atoms with Crippen LogP contribution in [0, 0.1) is 23.2 Å². The third kappa shape index (κ3) is 2.58. The molecule has 31 heavy (non-hydrogen) atoms. The van der Waals surface area contributed by atoms with E-state index in [0.717, 1.165) is 24.1 Å². The van der Waals surface area contributed by atoms with Gasteiger partial charge in [0.05, 0.1) is 22.4 Å². The lowest BCUT2D eigenvalue weighted by Gasteiger charge is -2.61. The van der Waals surface area contributed by atoms with Gasteiger partial charge in [-0.2, -0.15) is 0 Å². The quantitative estimate of drug-likeness (QED) is 0.540. The molecule has 160 valence electrons. The molecule has 4 aliphatic carbocycles. The van der Waals surface area contributed by atoms with E-state index in [0.29, 0.717) is 35.2 Å². The van der Waals surface area contributed by atoms with Crippen LogP contribution in [0.25, 0.3) is 5.57 Å². The molecule has 5 rings (SSSR count). The maximum absolute atomic E-state index is 14.3. The fourth-order valence-corrected chi connectivity index (χ4v) is 6.03. The molecule has 4 aliphatic rings. The summed E-state index contributed by atoms with van der Waals surface area (Å²) < 4.78 is 28.6. The summed E-state index contributed by atoms with van der Waals surface area (Å²) in [4.78, 5) is 4.80. The highest BCUT2D eigenvalue weighted by atomic mass is 19.1. The SMILES string of the molecule is N=CC(=CN)c1cccc([C@@]23CC4C[C@@H](C(/C=C(\N)C5=C(F)CCC=C5F)=C2N)C43)n1. The van der Waals surface area contributed by atoms with Gasteiger partial charge in [0.25, 0.3) is 0 Å². The van der Waals surface area contributed by atoms with Crippen LogP contribution in [-0.2, 0) is 5.41 Å². The van der Waals surface area contributed by atoms with Crippen molar-refractivity contribution in [3.05, 3.63) is 82.1 Å². The standard InChI is InChI=1S/C24H25F2N5/c25-16-3-1-4-17(26)21(16)18(29)8-15-14-7-12-9-24(22(12)14,23(15)30)20-6-2-5-19(31-20)13(10-27)11-28/h2-3,5-6,8,10-12,14,22,27H,1,4,7,9,28-30H2/b13-11?,18-8-,27-10?/t12?,14-,22?,24+/m0/s1. The molecule has 7 N–H and O–H groups in total. The van der Waals surface area contributed by atoms with Crippen molar-refractivity contribution in [1.29, 1.82) is 5.41 Å². The lowest BCUT2D eigenvalue weighted by molar-refractivity contribution is -0.0611. The van der Waals surface area contributed by atoms with Crippen molar-refractivity contribution in [2.45, 2.75) is 31.1 Å². The van der Waals surface area contributed by atoms with Crippen molar-refractivity contribution in [3.63, 3.8) is 0 Å². The number of allylic oxidation sites excluding steroid dienone is 7. The van der Waals surface area contributed by atoms with Crippen molar-refractivity contribution < 1.29 is 8.78 Å². The second kappa shape index (κ2) is 6.90. The molecule has 1 aromatic heterocycles. The zero-order chi connectivity index (χ0) is 21.9. The second-order valence-corrected chi connectivity index (χ2v) is 8.82. The molecular formula is C24H25F2N5. The number of pyridine rings is 1. The predicted octanol–water partition coefficient (Wildman–Crippen LogP) is 3.86. The first-order valence-corrected chi connectivity index (χ1v) is 10.5. The third-order valence-electron chi connectivity index (χ3n) is 7.48. The topological polar surface area (TPSA) is 115 Å². The van der Waals surface area contributed by atoms with E-state index in [1.54, 1.807) is 6.08 Å². The lowest BCUT2D eigenvalue weighted by Crippen LogP contribution is -2.59. The van der Waals surface area contributed by atoms with Crippen molar-refractivity contribution >= 4 is 11.8 Å². The summed E-state index contributed by atoms with van der Waals surface area (Å²) in [5, 5.41) is 7.56. The largest absolute Gasteiger partial charge is 0.404 e. The Morgan fingerprint density at radius 1 is 1.29 bits per heavy atom. The number of nitrogens with zero attached hydrogens (tertiary/aromatic N) is 1. The van der Waals surface area contributed by atoms with E-state index in [2.05, 4.69) is 0 Å². The van der Waals surface area contributed by atoms with Crippen LogP contribution in [0.15, 0.2) is 70.7 Å². The molecule has 0 spiro atoms. The molecule has 2 fully saturated rings. The van der Waals surface area contributed by atoms with Gasteiger partial charge in [0, 0.05) is 35.8 Å².